The van der Waals surface area contributed by atoms with Gasteiger partial charge in [-0.25, -0.2) is 0 Å². The maximum absolute atomic E-state index is 6.05. The van der Waals surface area contributed by atoms with Crippen LogP contribution in [0.4, 0.5) is 0 Å². The highest BCUT2D eigenvalue weighted by atomic mass is 32.1. The molecule has 0 bridgehead atoms. The highest BCUT2D eigenvalue weighted by molar-refractivity contribution is 7.17. The Hall–Kier alpha value is -2.10. The molecule has 0 amide bonds. The first-order valence-electron chi connectivity index (χ1n) is 9.09. The molecule has 2 heterocycles. The van der Waals surface area contributed by atoms with Crippen LogP contribution in [0.3, 0.4) is 0 Å². The van der Waals surface area contributed by atoms with Gasteiger partial charge in [-0.2, -0.15) is 0 Å². The summed E-state index contributed by atoms with van der Waals surface area (Å²) in [5.41, 5.74) is 9.80. The lowest BCUT2D eigenvalue weighted by Gasteiger charge is -2.09. The Morgan fingerprint density at radius 2 is 1.27 bits per heavy atom. The molecule has 2 aliphatic rings. The van der Waals surface area contributed by atoms with Crippen LogP contribution in [-0.2, 0) is 0 Å². The number of hydrogen-bond donors (Lipinski definition) is 0. The topological polar surface area (TPSA) is 9.23 Å². The fraction of sp³-hybridized carbons (Fsp3) is 0.217. The molecule has 2 aromatic heterocycles. The second-order valence-electron chi connectivity index (χ2n) is 7.18. The van der Waals surface area contributed by atoms with Crippen molar-refractivity contribution in [2.45, 2.75) is 27.7 Å². The molecule has 2 aliphatic carbocycles. The van der Waals surface area contributed by atoms with E-state index >= 15 is 0 Å². The Bertz CT molecular complexity index is 1270. The summed E-state index contributed by atoms with van der Waals surface area (Å²) >= 11 is 3.82. The first-order valence-corrected chi connectivity index (χ1v) is 10.7. The summed E-state index contributed by atoms with van der Waals surface area (Å²) < 4.78 is 6.05. The Morgan fingerprint density at radius 3 is 1.92 bits per heavy atom. The Balaban J connectivity index is 1.75. The first kappa shape index (κ1) is 15.0. The highest BCUT2D eigenvalue weighted by Gasteiger charge is 2.34. The standard InChI is InChI=1S/C23H18OS2/c1-5-24-21-12(4)26-23-16-8-6-13-17-10(2)11(3)25-22(17)15-9-7-14(20(21)23)19(16)18(13)15/h6-9H,5H2,1-4H3. The lowest BCUT2D eigenvalue weighted by Crippen LogP contribution is -1.92. The lowest BCUT2D eigenvalue weighted by molar-refractivity contribution is 0.341. The van der Waals surface area contributed by atoms with Crippen molar-refractivity contribution in [1.29, 1.82) is 0 Å². The summed E-state index contributed by atoms with van der Waals surface area (Å²) in [4.78, 5) is 5.55. The van der Waals surface area contributed by atoms with Gasteiger partial charge < -0.3 is 4.74 Å². The van der Waals surface area contributed by atoms with Crippen LogP contribution in [0, 0.1) is 20.8 Å². The van der Waals surface area contributed by atoms with E-state index in [0.29, 0.717) is 6.61 Å². The van der Waals surface area contributed by atoms with Gasteiger partial charge in [-0.15, -0.1) is 22.7 Å². The molecule has 0 N–H and O–H groups in total. The molecule has 0 saturated heterocycles. The fourth-order valence-corrected chi connectivity index (χ4v) is 7.06. The van der Waals surface area contributed by atoms with Gasteiger partial charge in [-0.05, 0) is 55.2 Å². The minimum Gasteiger partial charge on any atom is -0.492 e. The summed E-state index contributed by atoms with van der Waals surface area (Å²) in [5.74, 6) is 1.08. The molecule has 0 fully saturated rings. The van der Waals surface area contributed by atoms with E-state index in [-0.39, 0.29) is 0 Å². The van der Waals surface area contributed by atoms with Crippen molar-refractivity contribution in [3.05, 3.63) is 39.6 Å². The van der Waals surface area contributed by atoms with Crippen LogP contribution in [0.1, 0.15) is 22.2 Å². The summed E-state index contributed by atoms with van der Waals surface area (Å²) in [6.07, 6.45) is 0. The molecule has 26 heavy (non-hydrogen) atoms. The molecule has 4 aromatic rings. The SMILES string of the molecule is CCOc1c(C)sc2c1-c1ccc3c4c(ccc-2c14)-c1c-3sc(C)c1C. The molecule has 2 aromatic carbocycles. The second-order valence-corrected chi connectivity index (χ2v) is 9.63. The van der Waals surface area contributed by atoms with Gasteiger partial charge in [0.2, 0.25) is 0 Å². The number of fused-ring (bicyclic) bond motifs is 6. The number of benzene rings is 2. The first-order chi connectivity index (χ1) is 12.6. The maximum Gasteiger partial charge on any atom is 0.141 e. The van der Waals surface area contributed by atoms with Crippen molar-refractivity contribution in [3.63, 3.8) is 0 Å². The Morgan fingerprint density at radius 1 is 0.731 bits per heavy atom. The summed E-state index contributed by atoms with van der Waals surface area (Å²) in [5, 5.41) is 2.88. The number of hydrogen-bond acceptors (Lipinski definition) is 3. The van der Waals surface area contributed by atoms with Crippen LogP contribution < -0.4 is 4.74 Å². The smallest absolute Gasteiger partial charge is 0.141 e. The molecule has 0 saturated carbocycles. The minimum absolute atomic E-state index is 0.711. The van der Waals surface area contributed by atoms with Crippen LogP contribution in [0.5, 0.6) is 5.75 Å². The molecule has 6 rings (SSSR count). The van der Waals surface area contributed by atoms with Gasteiger partial charge >= 0.3 is 0 Å². The van der Waals surface area contributed by atoms with Crippen molar-refractivity contribution < 1.29 is 4.74 Å². The third kappa shape index (κ3) is 1.54. The van der Waals surface area contributed by atoms with Gasteiger partial charge in [0.05, 0.1) is 6.61 Å². The van der Waals surface area contributed by atoms with Crippen LogP contribution in [0.25, 0.3) is 53.9 Å². The van der Waals surface area contributed by atoms with Gasteiger partial charge in [-0.1, -0.05) is 24.3 Å². The molecule has 128 valence electrons. The molecule has 0 aliphatic heterocycles. The zero-order valence-corrected chi connectivity index (χ0v) is 16.9. The average Bonchev–Trinajstić information content (AvgIpc) is 3.30. The van der Waals surface area contributed by atoms with E-state index in [1.807, 2.05) is 22.7 Å². The van der Waals surface area contributed by atoms with Crippen LogP contribution in [-0.4, -0.2) is 6.61 Å². The van der Waals surface area contributed by atoms with Gasteiger partial charge in [0, 0.05) is 41.8 Å². The molecule has 1 nitrogen and oxygen atoms in total. The van der Waals surface area contributed by atoms with E-state index in [1.165, 1.54) is 69.2 Å². The number of rotatable bonds is 2. The molecule has 3 heteroatoms. The van der Waals surface area contributed by atoms with Crippen molar-refractivity contribution >= 4 is 33.4 Å². The van der Waals surface area contributed by atoms with Crippen molar-refractivity contribution in [3.8, 4) is 48.9 Å². The van der Waals surface area contributed by atoms with Crippen molar-refractivity contribution in [1.82, 2.24) is 0 Å². The van der Waals surface area contributed by atoms with Crippen molar-refractivity contribution in [2.24, 2.45) is 0 Å². The molecule has 0 radical (unpaired) electrons. The van der Waals surface area contributed by atoms with E-state index in [1.54, 1.807) is 0 Å². The van der Waals surface area contributed by atoms with E-state index < -0.39 is 0 Å². The van der Waals surface area contributed by atoms with Gasteiger partial charge in [0.15, 0.2) is 0 Å². The normalized spacial score (nSPS) is 12.8. The molecular weight excluding hydrogens is 356 g/mol. The summed E-state index contributed by atoms with van der Waals surface area (Å²) in [6.45, 7) is 9.46. The quantitative estimate of drug-likeness (QED) is 0.303. The van der Waals surface area contributed by atoms with Gasteiger partial charge in [0.25, 0.3) is 0 Å². The molecule has 0 unspecified atom stereocenters. The second kappa shape index (κ2) is 4.79. The predicted octanol–water partition coefficient (Wildman–Crippen LogP) is 7.58. The Kier molecular flexibility index (Phi) is 2.76. The fourth-order valence-electron chi connectivity index (χ4n) is 4.71. The molecular formula is C23H18OS2. The van der Waals surface area contributed by atoms with E-state index in [9.17, 15) is 0 Å². The van der Waals surface area contributed by atoms with Crippen LogP contribution in [0.2, 0.25) is 0 Å². The molecule has 0 spiro atoms. The van der Waals surface area contributed by atoms with Gasteiger partial charge in [-0.3, -0.25) is 0 Å². The Labute approximate surface area is 160 Å². The summed E-state index contributed by atoms with van der Waals surface area (Å²) in [6, 6.07) is 9.35. The zero-order chi connectivity index (χ0) is 17.7. The number of thiophene rings is 2. The van der Waals surface area contributed by atoms with E-state index in [4.69, 9.17) is 4.74 Å². The van der Waals surface area contributed by atoms with Crippen LogP contribution in [0.15, 0.2) is 24.3 Å². The van der Waals surface area contributed by atoms with Crippen LogP contribution >= 0.6 is 22.7 Å². The third-order valence-corrected chi connectivity index (χ3v) is 8.25. The third-order valence-electron chi connectivity index (χ3n) is 5.89. The maximum atomic E-state index is 6.05. The minimum atomic E-state index is 0.711. The number of aryl methyl sites for hydroxylation is 2. The predicted molar refractivity (Wildman–Crippen MR) is 114 cm³/mol. The summed E-state index contributed by atoms with van der Waals surface area (Å²) in [7, 11) is 0. The lowest BCUT2D eigenvalue weighted by atomic mass is 9.97. The largest absolute Gasteiger partial charge is 0.492 e. The monoisotopic (exact) mass is 374 g/mol. The average molecular weight is 375 g/mol. The van der Waals surface area contributed by atoms with E-state index in [0.717, 1.165) is 5.75 Å². The van der Waals surface area contributed by atoms with Gasteiger partial charge in [0.1, 0.15) is 5.75 Å². The number of ether oxygens (including phenoxy) is 1. The zero-order valence-electron chi connectivity index (χ0n) is 15.2. The van der Waals surface area contributed by atoms with Crippen molar-refractivity contribution in [2.75, 3.05) is 6.61 Å². The molecule has 0 atom stereocenters. The van der Waals surface area contributed by atoms with E-state index in [2.05, 4.69) is 52.0 Å². The highest BCUT2D eigenvalue weighted by Crippen LogP contribution is 2.62.